The number of aryl methyl sites for hydroxylation is 2. The topological polar surface area (TPSA) is 68.5 Å². The van der Waals surface area contributed by atoms with Crippen molar-refractivity contribution in [3.05, 3.63) is 57.3 Å². The van der Waals surface area contributed by atoms with Crippen molar-refractivity contribution in [3.63, 3.8) is 0 Å². The Bertz CT molecular complexity index is 1170. The lowest BCUT2D eigenvalue weighted by atomic mass is 10.2. The number of sulfone groups is 1. The molecule has 1 heterocycles. The van der Waals surface area contributed by atoms with Gasteiger partial charge < -0.3 is 4.57 Å². The van der Waals surface area contributed by atoms with Crippen LogP contribution in [0.2, 0.25) is 5.02 Å². The number of carbonyl (C=O) groups is 1. The minimum absolute atomic E-state index is 0.0943. The van der Waals surface area contributed by atoms with Crippen LogP contribution in [0.5, 0.6) is 0 Å². The number of benzene rings is 2. The molecule has 8 heteroatoms. The van der Waals surface area contributed by atoms with Gasteiger partial charge in [0, 0.05) is 23.9 Å². The highest BCUT2D eigenvalue weighted by molar-refractivity contribution is 7.90. The summed E-state index contributed by atoms with van der Waals surface area (Å²) in [6.07, 6.45) is 1.10. The maximum Gasteiger partial charge on any atom is 0.279 e. The molecule has 25 heavy (non-hydrogen) atoms. The van der Waals surface area contributed by atoms with E-state index in [4.69, 9.17) is 11.6 Å². The SMILES string of the molecule is Cc1c(Cl)ccc2sc(=NC(=O)c3cccc(S(C)(=O)=O)c3)n(C)c12. The van der Waals surface area contributed by atoms with Crippen molar-refractivity contribution in [2.24, 2.45) is 12.0 Å². The Hall–Kier alpha value is -1.96. The van der Waals surface area contributed by atoms with Gasteiger partial charge in [0.2, 0.25) is 0 Å². The van der Waals surface area contributed by atoms with E-state index in [-0.39, 0.29) is 10.5 Å². The summed E-state index contributed by atoms with van der Waals surface area (Å²) in [7, 11) is -1.56. The van der Waals surface area contributed by atoms with E-state index in [1.165, 1.54) is 29.5 Å². The van der Waals surface area contributed by atoms with Gasteiger partial charge in [-0.05, 0) is 42.8 Å². The van der Waals surface area contributed by atoms with Gasteiger partial charge in [-0.15, -0.1) is 0 Å². The Morgan fingerprint density at radius 2 is 1.96 bits per heavy atom. The maximum atomic E-state index is 12.5. The first kappa shape index (κ1) is 17.8. The molecule has 0 aliphatic carbocycles. The van der Waals surface area contributed by atoms with Gasteiger partial charge in [-0.25, -0.2) is 8.42 Å². The number of aromatic nitrogens is 1. The lowest BCUT2D eigenvalue weighted by Crippen LogP contribution is -2.14. The zero-order chi connectivity index (χ0) is 18.4. The number of thiazole rings is 1. The summed E-state index contributed by atoms with van der Waals surface area (Å²) in [5.41, 5.74) is 2.08. The first-order chi connectivity index (χ1) is 11.7. The second kappa shape index (κ2) is 6.40. The number of fused-ring (bicyclic) bond motifs is 1. The summed E-state index contributed by atoms with van der Waals surface area (Å²) in [4.78, 5) is 17.3. The van der Waals surface area contributed by atoms with Gasteiger partial charge in [-0.2, -0.15) is 4.99 Å². The lowest BCUT2D eigenvalue weighted by Gasteiger charge is -2.02. The molecule has 2 aromatic carbocycles. The highest BCUT2D eigenvalue weighted by Gasteiger charge is 2.13. The van der Waals surface area contributed by atoms with E-state index >= 15 is 0 Å². The van der Waals surface area contributed by atoms with Crippen molar-refractivity contribution in [1.82, 2.24) is 4.57 Å². The average molecular weight is 395 g/mol. The Kier molecular flexibility index (Phi) is 4.57. The largest absolute Gasteiger partial charge is 0.319 e. The Labute approximate surface area is 154 Å². The third kappa shape index (κ3) is 3.40. The van der Waals surface area contributed by atoms with Crippen LogP contribution in [0.4, 0.5) is 0 Å². The summed E-state index contributed by atoms with van der Waals surface area (Å²) in [6.45, 7) is 1.92. The lowest BCUT2D eigenvalue weighted by molar-refractivity contribution is 0.0997. The van der Waals surface area contributed by atoms with E-state index in [9.17, 15) is 13.2 Å². The summed E-state index contributed by atoms with van der Waals surface area (Å²) in [6, 6.07) is 9.59. The predicted molar refractivity (Wildman–Crippen MR) is 100.0 cm³/mol. The number of hydrogen-bond donors (Lipinski definition) is 0. The molecule has 0 N–H and O–H groups in total. The second-order valence-electron chi connectivity index (χ2n) is 5.68. The summed E-state index contributed by atoms with van der Waals surface area (Å²) < 4.78 is 26.1. The van der Waals surface area contributed by atoms with E-state index in [1.54, 1.807) is 6.07 Å². The quantitative estimate of drug-likeness (QED) is 0.669. The number of halogens is 1. The molecule has 0 radical (unpaired) electrons. The second-order valence-corrected chi connectivity index (χ2v) is 9.11. The zero-order valence-corrected chi connectivity index (χ0v) is 16.2. The summed E-state index contributed by atoms with van der Waals surface area (Å²) >= 11 is 7.55. The van der Waals surface area contributed by atoms with Crippen molar-refractivity contribution < 1.29 is 13.2 Å². The zero-order valence-electron chi connectivity index (χ0n) is 13.8. The number of rotatable bonds is 2. The number of carbonyl (C=O) groups excluding carboxylic acids is 1. The molecule has 0 saturated carbocycles. The highest BCUT2D eigenvalue weighted by atomic mass is 35.5. The van der Waals surface area contributed by atoms with Crippen molar-refractivity contribution in [2.75, 3.05) is 6.26 Å². The van der Waals surface area contributed by atoms with Crippen LogP contribution in [0.1, 0.15) is 15.9 Å². The molecule has 1 amide bonds. The molecular formula is C17H15ClN2O3S2. The first-order valence-electron chi connectivity index (χ1n) is 7.32. The minimum Gasteiger partial charge on any atom is -0.319 e. The molecule has 0 aliphatic heterocycles. The molecule has 0 aliphatic rings. The molecule has 0 bridgehead atoms. The van der Waals surface area contributed by atoms with Crippen LogP contribution in [0, 0.1) is 6.92 Å². The van der Waals surface area contributed by atoms with E-state index in [0.717, 1.165) is 22.0 Å². The molecule has 5 nitrogen and oxygen atoms in total. The number of hydrogen-bond acceptors (Lipinski definition) is 4. The summed E-state index contributed by atoms with van der Waals surface area (Å²) in [5.74, 6) is -0.489. The third-order valence-corrected chi connectivity index (χ3v) is 6.47. The first-order valence-corrected chi connectivity index (χ1v) is 10.4. The van der Waals surface area contributed by atoms with E-state index in [2.05, 4.69) is 4.99 Å². The van der Waals surface area contributed by atoms with Crippen LogP contribution >= 0.6 is 22.9 Å². The average Bonchev–Trinajstić information content (AvgIpc) is 2.87. The molecule has 1 aromatic heterocycles. The third-order valence-electron chi connectivity index (χ3n) is 3.86. The van der Waals surface area contributed by atoms with Crippen LogP contribution in [-0.4, -0.2) is 25.1 Å². The molecule has 130 valence electrons. The van der Waals surface area contributed by atoms with Crippen LogP contribution in [0.15, 0.2) is 46.3 Å². The van der Waals surface area contributed by atoms with Gasteiger partial charge >= 0.3 is 0 Å². The molecule has 0 saturated heterocycles. The molecule has 0 fully saturated rings. The Morgan fingerprint density at radius 3 is 2.64 bits per heavy atom. The molecule has 3 rings (SSSR count). The number of amides is 1. The van der Waals surface area contributed by atoms with Crippen molar-refractivity contribution in [2.45, 2.75) is 11.8 Å². The van der Waals surface area contributed by atoms with Crippen LogP contribution in [0.3, 0.4) is 0 Å². The van der Waals surface area contributed by atoms with E-state index < -0.39 is 15.7 Å². The normalized spacial score (nSPS) is 12.7. The molecule has 0 unspecified atom stereocenters. The van der Waals surface area contributed by atoms with E-state index in [1.807, 2.05) is 30.7 Å². The van der Waals surface area contributed by atoms with Crippen molar-refractivity contribution in [3.8, 4) is 0 Å². The standard InChI is InChI=1S/C17H15ClN2O3S2/c1-10-13(18)7-8-14-15(10)20(2)17(24-14)19-16(21)11-5-4-6-12(9-11)25(3,22)23/h4-9H,1-3H3. The van der Waals surface area contributed by atoms with Gasteiger partial charge in [0.05, 0.1) is 15.1 Å². The van der Waals surface area contributed by atoms with Gasteiger partial charge in [0.25, 0.3) is 5.91 Å². The van der Waals surface area contributed by atoms with Gasteiger partial charge in [-0.3, -0.25) is 4.79 Å². The minimum atomic E-state index is -3.38. The Balaban J connectivity index is 2.13. The smallest absolute Gasteiger partial charge is 0.279 e. The molecule has 3 aromatic rings. The molecular weight excluding hydrogens is 380 g/mol. The molecule has 0 spiro atoms. The molecule has 0 atom stereocenters. The fourth-order valence-corrected chi connectivity index (χ4v) is 4.42. The van der Waals surface area contributed by atoms with E-state index in [0.29, 0.717) is 9.82 Å². The van der Waals surface area contributed by atoms with Crippen molar-refractivity contribution >= 4 is 48.9 Å². The van der Waals surface area contributed by atoms with Gasteiger partial charge in [0.15, 0.2) is 14.6 Å². The van der Waals surface area contributed by atoms with Crippen LogP contribution < -0.4 is 4.80 Å². The summed E-state index contributed by atoms with van der Waals surface area (Å²) in [5, 5.41) is 0.652. The van der Waals surface area contributed by atoms with Gasteiger partial charge in [0.1, 0.15) is 0 Å². The van der Waals surface area contributed by atoms with Gasteiger partial charge in [-0.1, -0.05) is 29.0 Å². The maximum absolute atomic E-state index is 12.5. The monoisotopic (exact) mass is 394 g/mol. The fourth-order valence-electron chi connectivity index (χ4n) is 2.52. The Morgan fingerprint density at radius 1 is 1.24 bits per heavy atom. The predicted octanol–water partition coefficient (Wildman–Crippen LogP) is 3.35. The van der Waals surface area contributed by atoms with Crippen molar-refractivity contribution in [1.29, 1.82) is 0 Å². The number of nitrogens with zero attached hydrogens (tertiary/aromatic N) is 2. The van der Waals surface area contributed by atoms with Crippen LogP contribution in [-0.2, 0) is 16.9 Å². The fraction of sp³-hybridized carbons (Fsp3) is 0.176. The van der Waals surface area contributed by atoms with Crippen LogP contribution in [0.25, 0.3) is 10.2 Å². The highest BCUT2D eigenvalue weighted by Crippen LogP contribution is 2.26.